The van der Waals surface area contributed by atoms with Crippen molar-refractivity contribution in [2.45, 2.75) is 52.4 Å². The molecule has 4 nitrogen and oxygen atoms in total. The maximum absolute atomic E-state index is 11.4. The first-order valence-electron chi connectivity index (χ1n) is 11.5. The van der Waals surface area contributed by atoms with Gasteiger partial charge in [0, 0.05) is 43.1 Å². The van der Waals surface area contributed by atoms with Crippen molar-refractivity contribution < 1.29 is 9.53 Å². The van der Waals surface area contributed by atoms with Crippen molar-refractivity contribution in [3.63, 3.8) is 0 Å². The fraction of sp³-hybridized carbons (Fsp3) is 0.500. The highest BCUT2D eigenvalue weighted by Crippen LogP contribution is 2.23. The molecule has 0 spiro atoms. The largest absolute Gasteiger partial charge is 0.494 e. The molecule has 1 aliphatic rings. The molecular formula is C26H36N2O2. The molecule has 0 aromatic heterocycles. The standard InChI is InChI=1S/C26H36N2O2/c1-3-4-5-6-7-8-21-30-26-15-13-25(14-16-26)28-19-17-27(18-20-28)24-11-9-23(10-12-24)22(2)29/h9-16H,3-8,17-21H2,1-2H3. The van der Waals surface area contributed by atoms with Crippen LogP contribution in [0.3, 0.4) is 0 Å². The normalized spacial score (nSPS) is 14.1. The number of Topliss-reactive ketones (excluding diaryl/α,β-unsaturated/α-hetero) is 1. The summed E-state index contributed by atoms with van der Waals surface area (Å²) >= 11 is 0. The zero-order valence-electron chi connectivity index (χ0n) is 18.6. The van der Waals surface area contributed by atoms with Crippen LogP contribution in [0.25, 0.3) is 0 Å². The van der Waals surface area contributed by atoms with Crippen molar-refractivity contribution in [3.8, 4) is 5.75 Å². The molecule has 3 rings (SSSR count). The van der Waals surface area contributed by atoms with Crippen LogP contribution in [0.15, 0.2) is 48.5 Å². The Bertz CT molecular complexity index is 763. The number of ketones is 1. The first-order chi connectivity index (χ1) is 14.7. The van der Waals surface area contributed by atoms with Gasteiger partial charge in [-0.05, 0) is 61.9 Å². The van der Waals surface area contributed by atoms with Crippen molar-refractivity contribution in [3.05, 3.63) is 54.1 Å². The zero-order chi connectivity index (χ0) is 21.2. The van der Waals surface area contributed by atoms with E-state index in [1.165, 1.54) is 43.5 Å². The van der Waals surface area contributed by atoms with Gasteiger partial charge in [-0.3, -0.25) is 4.79 Å². The molecule has 162 valence electrons. The number of anilines is 2. The molecule has 0 N–H and O–H groups in total. The monoisotopic (exact) mass is 408 g/mol. The lowest BCUT2D eigenvalue weighted by atomic mass is 10.1. The summed E-state index contributed by atoms with van der Waals surface area (Å²) in [7, 11) is 0. The third-order valence-electron chi connectivity index (χ3n) is 5.89. The number of piperazine rings is 1. The molecule has 0 bridgehead atoms. The lowest BCUT2D eigenvalue weighted by Gasteiger charge is -2.37. The predicted octanol–water partition coefficient (Wildman–Crippen LogP) is 5.96. The van der Waals surface area contributed by atoms with Crippen LogP contribution in [0.2, 0.25) is 0 Å². The van der Waals surface area contributed by atoms with Gasteiger partial charge < -0.3 is 14.5 Å². The summed E-state index contributed by atoms with van der Waals surface area (Å²) in [4.78, 5) is 16.3. The molecule has 1 aliphatic heterocycles. The molecule has 2 aromatic rings. The van der Waals surface area contributed by atoms with Gasteiger partial charge in [-0.15, -0.1) is 0 Å². The molecule has 2 aromatic carbocycles. The number of benzene rings is 2. The number of carbonyl (C=O) groups is 1. The average molecular weight is 409 g/mol. The van der Waals surface area contributed by atoms with Crippen LogP contribution in [0.4, 0.5) is 11.4 Å². The maximum atomic E-state index is 11.4. The Hall–Kier alpha value is -2.49. The highest BCUT2D eigenvalue weighted by molar-refractivity contribution is 5.94. The molecule has 1 saturated heterocycles. The molecule has 30 heavy (non-hydrogen) atoms. The van der Waals surface area contributed by atoms with Gasteiger partial charge in [-0.25, -0.2) is 0 Å². The van der Waals surface area contributed by atoms with E-state index in [0.29, 0.717) is 0 Å². The molecule has 0 radical (unpaired) electrons. The topological polar surface area (TPSA) is 32.8 Å². The van der Waals surface area contributed by atoms with E-state index in [2.05, 4.69) is 53.1 Å². The molecule has 1 heterocycles. The van der Waals surface area contributed by atoms with Gasteiger partial charge in [-0.1, -0.05) is 39.0 Å². The van der Waals surface area contributed by atoms with Gasteiger partial charge in [0.05, 0.1) is 6.61 Å². The van der Waals surface area contributed by atoms with Gasteiger partial charge in [0.15, 0.2) is 5.78 Å². The molecule has 0 unspecified atom stereocenters. The number of nitrogens with zero attached hydrogens (tertiary/aromatic N) is 2. The Morgan fingerprint density at radius 3 is 1.80 bits per heavy atom. The second kappa shape index (κ2) is 11.6. The molecular weight excluding hydrogens is 372 g/mol. The summed E-state index contributed by atoms with van der Waals surface area (Å²) in [6.45, 7) is 8.62. The zero-order valence-corrected chi connectivity index (χ0v) is 18.6. The van der Waals surface area contributed by atoms with Crippen molar-refractivity contribution in [1.29, 1.82) is 0 Å². The van der Waals surface area contributed by atoms with E-state index in [0.717, 1.165) is 50.5 Å². The highest BCUT2D eigenvalue weighted by Gasteiger charge is 2.17. The van der Waals surface area contributed by atoms with Crippen LogP contribution in [0.1, 0.15) is 62.7 Å². The van der Waals surface area contributed by atoms with Crippen molar-refractivity contribution in [1.82, 2.24) is 0 Å². The van der Waals surface area contributed by atoms with E-state index >= 15 is 0 Å². The quantitative estimate of drug-likeness (QED) is 0.339. The average Bonchev–Trinajstić information content (AvgIpc) is 2.79. The van der Waals surface area contributed by atoms with Crippen LogP contribution in [0, 0.1) is 0 Å². The Morgan fingerprint density at radius 1 is 0.767 bits per heavy atom. The van der Waals surface area contributed by atoms with Crippen molar-refractivity contribution in [2.75, 3.05) is 42.6 Å². The van der Waals surface area contributed by atoms with Gasteiger partial charge in [0.25, 0.3) is 0 Å². The van der Waals surface area contributed by atoms with Gasteiger partial charge >= 0.3 is 0 Å². The molecule has 4 heteroatoms. The number of hydrogen-bond donors (Lipinski definition) is 0. The van der Waals surface area contributed by atoms with Crippen LogP contribution in [0.5, 0.6) is 5.75 Å². The highest BCUT2D eigenvalue weighted by atomic mass is 16.5. The molecule has 0 atom stereocenters. The summed E-state index contributed by atoms with van der Waals surface area (Å²) in [5, 5.41) is 0. The Kier molecular flexibility index (Phi) is 8.61. The molecule has 0 amide bonds. The van der Waals surface area contributed by atoms with Gasteiger partial charge in [0.2, 0.25) is 0 Å². The van der Waals surface area contributed by atoms with E-state index in [1.807, 2.05) is 12.1 Å². The molecule has 1 fully saturated rings. The Labute approximate surface area is 181 Å². The summed E-state index contributed by atoms with van der Waals surface area (Å²) in [6.07, 6.45) is 7.72. The molecule has 0 aliphatic carbocycles. The van der Waals surface area contributed by atoms with E-state index in [1.54, 1.807) is 6.92 Å². The first-order valence-corrected chi connectivity index (χ1v) is 11.5. The van der Waals surface area contributed by atoms with Crippen LogP contribution >= 0.6 is 0 Å². The minimum Gasteiger partial charge on any atom is -0.494 e. The second-order valence-electron chi connectivity index (χ2n) is 8.19. The summed E-state index contributed by atoms with van der Waals surface area (Å²) in [5.41, 5.74) is 3.22. The summed E-state index contributed by atoms with van der Waals surface area (Å²) in [5.74, 6) is 1.09. The summed E-state index contributed by atoms with van der Waals surface area (Å²) in [6, 6.07) is 16.5. The lowest BCUT2D eigenvalue weighted by molar-refractivity contribution is 0.101. The third kappa shape index (κ3) is 6.51. The van der Waals surface area contributed by atoms with Crippen LogP contribution in [-0.4, -0.2) is 38.6 Å². The predicted molar refractivity (Wildman–Crippen MR) is 126 cm³/mol. The fourth-order valence-corrected chi connectivity index (χ4v) is 3.96. The minimum atomic E-state index is 0.116. The Morgan fingerprint density at radius 2 is 1.27 bits per heavy atom. The Balaban J connectivity index is 1.40. The number of ether oxygens (including phenoxy) is 1. The number of rotatable bonds is 11. The first kappa shape index (κ1) is 22.2. The number of unbranched alkanes of at least 4 members (excludes halogenated alkanes) is 5. The van der Waals surface area contributed by atoms with Gasteiger partial charge in [-0.2, -0.15) is 0 Å². The van der Waals surface area contributed by atoms with Gasteiger partial charge in [0.1, 0.15) is 5.75 Å². The third-order valence-corrected chi connectivity index (χ3v) is 5.89. The van der Waals surface area contributed by atoms with E-state index in [9.17, 15) is 4.79 Å². The fourth-order valence-electron chi connectivity index (χ4n) is 3.96. The maximum Gasteiger partial charge on any atom is 0.159 e. The van der Waals surface area contributed by atoms with Crippen molar-refractivity contribution in [2.24, 2.45) is 0 Å². The van der Waals surface area contributed by atoms with Crippen LogP contribution in [-0.2, 0) is 0 Å². The second-order valence-corrected chi connectivity index (χ2v) is 8.19. The summed E-state index contributed by atoms with van der Waals surface area (Å²) < 4.78 is 5.91. The van der Waals surface area contributed by atoms with Crippen molar-refractivity contribution >= 4 is 17.2 Å². The van der Waals surface area contributed by atoms with E-state index in [-0.39, 0.29) is 5.78 Å². The number of carbonyl (C=O) groups excluding carboxylic acids is 1. The SMILES string of the molecule is CCCCCCCCOc1ccc(N2CCN(c3ccc(C(C)=O)cc3)CC2)cc1. The van der Waals surface area contributed by atoms with E-state index < -0.39 is 0 Å². The van der Waals surface area contributed by atoms with E-state index in [4.69, 9.17) is 4.74 Å². The molecule has 0 saturated carbocycles. The minimum absolute atomic E-state index is 0.116. The van der Waals surface area contributed by atoms with Crippen LogP contribution < -0.4 is 14.5 Å². The smallest absolute Gasteiger partial charge is 0.159 e. The lowest BCUT2D eigenvalue weighted by Crippen LogP contribution is -2.46. The number of hydrogen-bond acceptors (Lipinski definition) is 4.